The topological polar surface area (TPSA) is 60.2 Å². The second-order valence-electron chi connectivity index (χ2n) is 4.45. The van der Waals surface area contributed by atoms with Crippen LogP contribution in [0.5, 0.6) is 0 Å². The Kier molecular flexibility index (Phi) is 3.37. The highest BCUT2D eigenvalue weighted by atomic mass is 32.2. The van der Waals surface area contributed by atoms with E-state index in [0.717, 1.165) is 12.1 Å². The number of hydrogen-bond donors (Lipinski definition) is 1. The molecule has 2 atom stereocenters. The summed E-state index contributed by atoms with van der Waals surface area (Å²) in [7, 11) is -3.15. The van der Waals surface area contributed by atoms with Gasteiger partial charge in [0.15, 0.2) is 27.3 Å². The van der Waals surface area contributed by atoms with Crippen LogP contribution < -0.4 is 5.73 Å². The molecule has 0 bridgehead atoms. The van der Waals surface area contributed by atoms with Gasteiger partial charge in [0.25, 0.3) is 0 Å². The van der Waals surface area contributed by atoms with Crippen molar-refractivity contribution in [2.45, 2.75) is 12.5 Å². The zero-order valence-electron chi connectivity index (χ0n) is 9.37. The molecule has 0 aliphatic carbocycles. The standard InChI is InChI=1S/C11H12F3NO2S/c12-8-2-1-7(9(13)10(8)14)11(15)6-3-4-18(16,17)5-6/h1-2,6,11H,3-5,15H2. The van der Waals surface area contributed by atoms with Crippen molar-refractivity contribution in [3.63, 3.8) is 0 Å². The lowest BCUT2D eigenvalue weighted by Crippen LogP contribution is -2.24. The molecule has 1 fully saturated rings. The molecule has 1 aliphatic rings. The zero-order valence-corrected chi connectivity index (χ0v) is 10.2. The molecule has 0 saturated carbocycles. The first-order valence-electron chi connectivity index (χ1n) is 5.41. The third-order valence-electron chi connectivity index (χ3n) is 3.20. The molecule has 0 radical (unpaired) electrons. The fraction of sp³-hybridized carbons (Fsp3) is 0.455. The van der Waals surface area contributed by atoms with Gasteiger partial charge in [0.05, 0.1) is 11.5 Å². The summed E-state index contributed by atoms with van der Waals surface area (Å²) in [5, 5.41) is 0. The Bertz CT molecular complexity index is 574. The molecule has 0 aromatic heterocycles. The van der Waals surface area contributed by atoms with Crippen LogP contribution in [0, 0.1) is 23.4 Å². The van der Waals surface area contributed by atoms with Gasteiger partial charge in [-0.25, -0.2) is 21.6 Å². The van der Waals surface area contributed by atoms with Crippen molar-refractivity contribution in [1.82, 2.24) is 0 Å². The summed E-state index contributed by atoms with van der Waals surface area (Å²) >= 11 is 0. The van der Waals surface area contributed by atoms with Crippen LogP contribution in [0.4, 0.5) is 13.2 Å². The minimum Gasteiger partial charge on any atom is -0.324 e. The summed E-state index contributed by atoms with van der Waals surface area (Å²) in [5.74, 6) is -4.82. The molecule has 2 N–H and O–H groups in total. The van der Waals surface area contributed by atoms with E-state index in [9.17, 15) is 21.6 Å². The van der Waals surface area contributed by atoms with Gasteiger partial charge >= 0.3 is 0 Å². The quantitative estimate of drug-likeness (QED) is 0.835. The van der Waals surface area contributed by atoms with E-state index in [4.69, 9.17) is 5.73 Å². The molecule has 7 heteroatoms. The fourth-order valence-electron chi connectivity index (χ4n) is 2.16. The smallest absolute Gasteiger partial charge is 0.194 e. The second-order valence-corrected chi connectivity index (χ2v) is 6.68. The number of halogens is 3. The molecule has 1 aromatic carbocycles. The molecular weight excluding hydrogens is 267 g/mol. The second kappa shape index (κ2) is 4.55. The van der Waals surface area contributed by atoms with Crippen molar-refractivity contribution in [3.8, 4) is 0 Å². The Balaban J connectivity index is 2.30. The number of rotatable bonds is 2. The third-order valence-corrected chi connectivity index (χ3v) is 4.99. The van der Waals surface area contributed by atoms with Crippen molar-refractivity contribution in [3.05, 3.63) is 35.1 Å². The molecule has 1 heterocycles. The molecule has 100 valence electrons. The van der Waals surface area contributed by atoms with Crippen molar-refractivity contribution in [2.24, 2.45) is 11.7 Å². The number of sulfone groups is 1. The van der Waals surface area contributed by atoms with Crippen LogP contribution in [0.3, 0.4) is 0 Å². The van der Waals surface area contributed by atoms with Gasteiger partial charge in [-0.2, -0.15) is 0 Å². The van der Waals surface area contributed by atoms with E-state index in [1.54, 1.807) is 0 Å². The van der Waals surface area contributed by atoms with Crippen LogP contribution >= 0.6 is 0 Å². The maximum atomic E-state index is 13.5. The van der Waals surface area contributed by atoms with Crippen LogP contribution in [0.25, 0.3) is 0 Å². The summed E-state index contributed by atoms with van der Waals surface area (Å²) in [6.45, 7) is 0. The van der Waals surface area contributed by atoms with Crippen LogP contribution in [-0.4, -0.2) is 19.9 Å². The van der Waals surface area contributed by atoms with E-state index in [2.05, 4.69) is 0 Å². The molecule has 0 amide bonds. The monoisotopic (exact) mass is 279 g/mol. The lowest BCUT2D eigenvalue weighted by atomic mass is 9.93. The predicted octanol–water partition coefficient (Wildman–Crippen LogP) is 1.54. The molecule has 1 aromatic rings. The molecule has 1 saturated heterocycles. The highest BCUT2D eigenvalue weighted by molar-refractivity contribution is 7.91. The first kappa shape index (κ1) is 13.4. The minimum atomic E-state index is -3.15. The SMILES string of the molecule is NC(c1ccc(F)c(F)c1F)C1CCS(=O)(=O)C1. The van der Waals surface area contributed by atoms with Crippen molar-refractivity contribution in [1.29, 1.82) is 0 Å². The summed E-state index contributed by atoms with van der Waals surface area (Å²) in [5.41, 5.74) is 5.56. The Hall–Kier alpha value is -1.08. The summed E-state index contributed by atoms with van der Waals surface area (Å²) in [6, 6.07) is 0.901. The van der Waals surface area contributed by atoms with E-state index in [1.165, 1.54) is 0 Å². The van der Waals surface area contributed by atoms with Crippen LogP contribution in [0.2, 0.25) is 0 Å². The number of hydrogen-bond acceptors (Lipinski definition) is 3. The van der Waals surface area contributed by atoms with E-state index in [1.807, 2.05) is 0 Å². The van der Waals surface area contributed by atoms with E-state index in [0.29, 0.717) is 6.42 Å². The zero-order chi connectivity index (χ0) is 13.5. The maximum Gasteiger partial charge on any atom is 0.194 e. The first-order valence-corrected chi connectivity index (χ1v) is 7.23. The van der Waals surface area contributed by atoms with Gasteiger partial charge in [0.1, 0.15) is 0 Å². The van der Waals surface area contributed by atoms with Gasteiger partial charge in [0.2, 0.25) is 0 Å². The number of nitrogens with two attached hydrogens (primary N) is 1. The van der Waals surface area contributed by atoms with Gasteiger partial charge in [-0.1, -0.05) is 6.07 Å². The Morgan fingerprint density at radius 2 is 1.89 bits per heavy atom. The van der Waals surface area contributed by atoms with Gasteiger partial charge in [-0.3, -0.25) is 0 Å². The summed E-state index contributed by atoms with van der Waals surface area (Å²) in [6.07, 6.45) is 0.307. The van der Waals surface area contributed by atoms with Crippen molar-refractivity contribution in [2.75, 3.05) is 11.5 Å². The van der Waals surface area contributed by atoms with E-state index >= 15 is 0 Å². The summed E-state index contributed by atoms with van der Waals surface area (Å²) in [4.78, 5) is 0. The molecule has 0 spiro atoms. The number of benzene rings is 1. The lowest BCUT2D eigenvalue weighted by molar-refractivity contribution is 0.412. The average molecular weight is 279 g/mol. The average Bonchev–Trinajstić information content (AvgIpc) is 2.66. The molecule has 18 heavy (non-hydrogen) atoms. The largest absolute Gasteiger partial charge is 0.324 e. The van der Waals surface area contributed by atoms with Gasteiger partial charge in [-0.15, -0.1) is 0 Å². The fourth-order valence-corrected chi connectivity index (χ4v) is 4.01. The molecule has 3 nitrogen and oxygen atoms in total. The summed E-state index contributed by atoms with van der Waals surface area (Å²) < 4.78 is 62.0. The Morgan fingerprint density at radius 3 is 2.44 bits per heavy atom. The molecule has 2 rings (SSSR count). The van der Waals surface area contributed by atoms with Gasteiger partial charge in [0, 0.05) is 11.6 Å². The van der Waals surface area contributed by atoms with Crippen LogP contribution in [-0.2, 0) is 9.84 Å². The van der Waals surface area contributed by atoms with Gasteiger partial charge < -0.3 is 5.73 Å². The van der Waals surface area contributed by atoms with Gasteiger partial charge in [-0.05, 0) is 18.4 Å². The minimum absolute atomic E-state index is 0.00331. The van der Waals surface area contributed by atoms with Crippen molar-refractivity contribution >= 4 is 9.84 Å². The third kappa shape index (κ3) is 2.37. The van der Waals surface area contributed by atoms with Crippen LogP contribution in [0.1, 0.15) is 18.0 Å². The highest BCUT2D eigenvalue weighted by Crippen LogP contribution is 2.31. The van der Waals surface area contributed by atoms with Crippen LogP contribution in [0.15, 0.2) is 12.1 Å². The molecule has 1 aliphatic heterocycles. The maximum absolute atomic E-state index is 13.5. The highest BCUT2D eigenvalue weighted by Gasteiger charge is 2.34. The van der Waals surface area contributed by atoms with E-state index < -0.39 is 39.2 Å². The Morgan fingerprint density at radius 1 is 1.22 bits per heavy atom. The van der Waals surface area contributed by atoms with E-state index in [-0.39, 0.29) is 17.1 Å². The Labute approximate surface area is 103 Å². The predicted molar refractivity (Wildman–Crippen MR) is 60.0 cm³/mol. The first-order chi connectivity index (χ1) is 8.32. The van der Waals surface area contributed by atoms with Crippen molar-refractivity contribution < 1.29 is 21.6 Å². The lowest BCUT2D eigenvalue weighted by Gasteiger charge is -2.19. The molecule has 2 unspecified atom stereocenters. The normalized spacial score (nSPS) is 24.1. The molecular formula is C11H12F3NO2S.